The average Bonchev–Trinajstić information content (AvgIpc) is 2.95. The van der Waals surface area contributed by atoms with Crippen molar-refractivity contribution in [2.24, 2.45) is 0 Å². The Morgan fingerprint density at radius 3 is 2.70 bits per heavy atom. The molecule has 0 saturated carbocycles. The molecule has 1 atom stereocenters. The largest absolute Gasteiger partial charge is 0.476 e. The Labute approximate surface area is 116 Å². The van der Waals surface area contributed by atoms with E-state index in [-0.39, 0.29) is 11.4 Å². The first-order valence-corrected chi connectivity index (χ1v) is 6.43. The number of aromatic nitrogens is 3. The van der Waals surface area contributed by atoms with Crippen molar-refractivity contribution in [1.82, 2.24) is 20.3 Å². The monoisotopic (exact) mass is 282 g/mol. The van der Waals surface area contributed by atoms with Crippen LogP contribution in [0.4, 0.5) is 4.79 Å². The molecule has 2 N–H and O–H groups in total. The molecule has 8 heteroatoms. The third-order valence-corrected chi connectivity index (χ3v) is 2.97. The van der Waals surface area contributed by atoms with Crippen LogP contribution in [-0.2, 0) is 4.74 Å². The third-order valence-electron chi connectivity index (χ3n) is 2.97. The van der Waals surface area contributed by atoms with Crippen LogP contribution in [0.5, 0.6) is 0 Å². The van der Waals surface area contributed by atoms with E-state index < -0.39 is 23.7 Å². The van der Waals surface area contributed by atoms with E-state index >= 15 is 0 Å². The zero-order chi connectivity index (χ0) is 14.9. The Bertz CT molecular complexity index is 520. The number of likely N-dealkylation sites (tertiary alicyclic amines) is 1. The van der Waals surface area contributed by atoms with Crippen molar-refractivity contribution in [1.29, 1.82) is 0 Å². The second-order valence-electron chi connectivity index (χ2n) is 5.69. The highest BCUT2D eigenvalue weighted by Crippen LogP contribution is 2.33. The second-order valence-corrected chi connectivity index (χ2v) is 5.69. The maximum Gasteiger partial charge on any atom is 0.410 e. The number of carbonyl (C=O) groups is 2. The number of nitrogens with one attached hydrogen (secondary N) is 1. The van der Waals surface area contributed by atoms with Crippen LogP contribution in [0.25, 0.3) is 0 Å². The summed E-state index contributed by atoms with van der Waals surface area (Å²) in [5.41, 5.74) is -0.463. The van der Waals surface area contributed by atoms with E-state index in [1.165, 1.54) is 4.90 Å². The van der Waals surface area contributed by atoms with Gasteiger partial charge in [-0.15, -0.1) is 5.10 Å². The summed E-state index contributed by atoms with van der Waals surface area (Å²) < 4.78 is 5.33. The van der Waals surface area contributed by atoms with Crippen LogP contribution in [0.1, 0.15) is 55.8 Å². The van der Waals surface area contributed by atoms with Gasteiger partial charge in [0.15, 0.2) is 5.69 Å². The number of aromatic carboxylic acids is 1. The summed E-state index contributed by atoms with van der Waals surface area (Å²) >= 11 is 0. The molecule has 1 saturated heterocycles. The van der Waals surface area contributed by atoms with Crippen LogP contribution in [0, 0.1) is 0 Å². The lowest BCUT2D eigenvalue weighted by Gasteiger charge is -2.27. The number of ether oxygens (including phenoxy) is 1. The van der Waals surface area contributed by atoms with Crippen LogP contribution >= 0.6 is 0 Å². The molecule has 20 heavy (non-hydrogen) atoms. The molecule has 1 aromatic heterocycles. The first kappa shape index (κ1) is 14.3. The molecular formula is C12H18N4O4. The molecule has 1 aromatic rings. The molecular weight excluding hydrogens is 264 g/mol. The molecule has 2 rings (SSSR count). The van der Waals surface area contributed by atoms with Crippen molar-refractivity contribution in [3.05, 3.63) is 11.4 Å². The van der Waals surface area contributed by atoms with Crippen LogP contribution in [0.15, 0.2) is 0 Å². The van der Waals surface area contributed by atoms with Crippen molar-refractivity contribution in [2.45, 2.75) is 45.3 Å². The first-order chi connectivity index (χ1) is 9.29. The number of carboxylic acids is 1. The number of nitrogens with zero attached hydrogens (tertiary/aromatic N) is 3. The summed E-state index contributed by atoms with van der Waals surface area (Å²) in [6.45, 7) is 5.88. The standard InChI is InChI=1S/C12H18N4O4/c1-12(2,3)20-11(19)16-6-4-5-7(16)8-9(10(17)18)14-15-13-8/h7H,4-6H2,1-3H3,(H,17,18)(H,13,14,15)/t7-/m1/s1. The fourth-order valence-corrected chi connectivity index (χ4v) is 2.22. The Balaban J connectivity index is 2.21. The molecule has 0 aliphatic carbocycles. The van der Waals surface area contributed by atoms with Crippen molar-refractivity contribution < 1.29 is 19.4 Å². The lowest BCUT2D eigenvalue weighted by atomic mass is 10.1. The number of carboxylic acid groups (broad SMARTS) is 1. The van der Waals surface area contributed by atoms with Gasteiger partial charge in [0.25, 0.3) is 0 Å². The number of H-pyrrole nitrogens is 1. The number of hydrogen-bond acceptors (Lipinski definition) is 5. The summed E-state index contributed by atoms with van der Waals surface area (Å²) in [5, 5.41) is 18.9. The average molecular weight is 282 g/mol. The molecule has 8 nitrogen and oxygen atoms in total. The fourth-order valence-electron chi connectivity index (χ4n) is 2.22. The Morgan fingerprint density at radius 2 is 2.10 bits per heavy atom. The maximum atomic E-state index is 12.1. The van der Waals surface area contributed by atoms with Gasteiger partial charge < -0.3 is 9.84 Å². The number of rotatable bonds is 2. The zero-order valence-electron chi connectivity index (χ0n) is 11.7. The normalized spacial score (nSPS) is 19.1. The van der Waals surface area contributed by atoms with E-state index in [4.69, 9.17) is 9.84 Å². The first-order valence-electron chi connectivity index (χ1n) is 6.43. The molecule has 1 aliphatic rings. The van der Waals surface area contributed by atoms with Gasteiger partial charge in [0.05, 0.1) is 6.04 Å². The molecule has 2 heterocycles. The van der Waals surface area contributed by atoms with Gasteiger partial charge in [-0.2, -0.15) is 10.3 Å². The summed E-state index contributed by atoms with van der Waals surface area (Å²) in [6.07, 6.45) is 0.960. The molecule has 0 bridgehead atoms. The van der Waals surface area contributed by atoms with Gasteiger partial charge in [0.2, 0.25) is 0 Å². The topological polar surface area (TPSA) is 108 Å². The molecule has 0 spiro atoms. The third kappa shape index (κ3) is 2.89. The van der Waals surface area contributed by atoms with E-state index in [1.807, 2.05) is 0 Å². The maximum absolute atomic E-state index is 12.1. The van der Waals surface area contributed by atoms with Crippen molar-refractivity contribution in [2.75, 3.05) is 6.54 Å². The van der Waals surface area contributed by atoms with Gasteiger partial charge in [-0.1, -0.05) is 0 Å². The minimum absolute atomic E-state index is 0.148. The van der Waals surface area contributed by atoms with Gasteiger partial charge in [-0.05, 0) is 33.6 Å². The minimum atomic E-state index is -1.16. The molecule has 1 aliphatic heterocycles. The van der Waals surface area contributed by atoms with E-state index in [0.29, 0.717) is 13.0 Å². The number of amides is 1. The van der Waals surface area contributed by atoms with Gasteiger partial charge >= 0.3 is 12.1 Å². The summed E-state index contributed by atoms with van der Waals surface area (Å²) in [4.78, 5) is 24.7. The lowest BCUT2D eigenvalue weighted by Crippen LogP contribution is -2.36. The van der Waals surface area contributed by atoms with Gasteiger partial charge in [0.1, 0.15) is 11.3 Å². The van der Waals surface area contributed by atoms with E-state index in [1.54, 1.807) is 20.8 Å². The lowest BCUT2D eigenvalue weighted by molar-refractivity contribution is 0.0219. The van der Waals surface area contributed by atoms with Crippen LogP contribution < -0.4 is 0 Å². The molecule has 1 amide bonds. The van der Waals surface area contributed by atoms with Crippen LogP contribution in [0.2, 0.25) is 0 Å². The molecule has 0 radical (unpaired) electrons. The van der Waals surface area contributed by atoms with E-state index in [2.05, 4.69) is 15.4 Å². The van der Waals surface area contributed by atoms with E-state index in [0.717, 1.165) is 6.42 Å². The smallest absolute Gasteiger partial charge is 0.410 e. The van der Waals surface area contributed by atoms with Gasteiger partial charge in [-0.3, -0.25) is 4.90 Å². The summed E-state index contributed by atoms with van der Waals surface area (Å²) in [7, 11) is 0. The van der Waals surface area contributed by atoms with E-state index in [9.17, 15) is 9.59 Å². The summed E-state index contributed by atoms with van der Waals surface area (Å²) in [5.74, 6) is -1.16. The predicted molar refractivity (Wildman–Crippen MR) is 68.3 cm³/mol. The number of carbonyl (C=O) groups excluding carboxylic acids is 1. The Kier molecular flexibility index (Phi) is 3.65. The second kappa shape index (κ2) is 5.10. The Hall–Kier alpha value is -2.12. The SMILES string of the molecule is CC(C)(C)OC(=O)N1CCC[C@@H]1c1n[nH]nc1C(=O)O. The van der Waals surface area contributed by atoms with Crippen molar-refractivity contribution in [3.8, 4) is 0 Å². The number of hydrogen-bond donors (Lipinski definition) is 2. The van der Waals surface area contributed by atoms with Crippen molar-refractivity contribution in [3.63, 3.8) is 0 Å². The molecule has 1 fully saturated rings. The Morgan fingerprint density at radius 1 is 1.40 bits per heavy atom. The highest BCUT2D eigenvalue weighted by Gasteiger charge is 2.37. The number of aromatic amines is 1. The van der Waals surface area contributed by atoms with Gasteiger partial charge in [0, 0.05) is 6.54 Å². The quantitative estimate of drug-likeness (QED) is 0.852. The molecule has 110 valence electrons. The molecule has 0 aromatic carbocycles. The van der Waals surface area contributed by atoms with Gasteiger partial charge in [-0.25, -0.2) is 9.59 Å². The van der Waals surface area contributed by atoms with Crippen LogP contribution in [-0.4, -0.2) is 49.6 Å². The molecule has 0 unspecified atom stereocenters. The predicted octanol–water partition coefficient (Wildman–Crippen LogP) is 1.57. The summed E-state index contributed by atoms with van der Waals surface area (Å²) in [6, 6.07) is -0.408. The highest BCUT2D eigenvalue weighted by atomic mass is 16.6. The zero-order valence-corrected chi connectivity index (χ0v) is 11.7. The van der Waals surface area contributed by atoms with Crippen molar-refractivity contribution >= 4 is 12.1 Å². The van der Waals surface area contributed by atoms with Crippen LogP contribution in [0.3, 0.4) is 0 Å². The minimum Gasteiger partial charge on any atom is -0.476 e. The highest BCUT2D eigenvalue weighted by molar-refractivity contribution is 5.86. The fraction of sp³-hybridized carbons (Fsp3) is 0.667.